The predicted molar refractivity (Wildman–Crippen MR) is 46.2 cm³/mol. The normalized spacial score (nSPS) is 20.8. The van der Waals surface area contributed by atoms with Crippen molar-refractivity contribution in [2.24, 2.45) is 0 Å². The van der Waals surface area contributed by atoms with Crippen LogP contribution in [0.3, 0.4) is 0 Å². The zero-order chi connectivity index (χ0) is 10.4. The third-order valence-electron chi connectivity index (χ3n) is 1.95. The third kappa shape index (κ3) is 4.54. The fraction of sp³-hybridized carbons (Fsp3) is 1.00. The predicted octanol–water partition coefficient (Wildman–Crippen LogP) is -1.51. The molecule has 0 saturated heterocycles. The van der Waals surface area contributed by atoms with Crippen LogP contribution in [0.2, 0.25) is 0 Å². The molecule has 0 heterocycles. The number of hydrogen-bond donors (Lipinski definition) is 4. The molecule has 0 rings (SSSR count). The van der Waals surface area contributed by atoms with Gasteiger partial charge in [-0.25, -0.2) is 0 Å². The largest absolute Gasteiger partial charge is 0.394 e. The van der Waals surface area contributed by atoms with Crippen molar-refractivity contribution < 1.29 is 25.2 Å². The Morgan fingerprint density at radius 3 is 2.08 bits per heavy atom. The number of aliphatic hydroxyl groups is 4. The summed E-state index contributed by atoms with van der Waals surface area (Å²) in [7, 11) is 1.49. The van der Waals surface area contributed by atoms with Crippen molar-refractivity contribution >= 4 is 0 Å². The summed E-state index contributed by atoms with van der Waals surface area (Å²) in [6, 6.07) is 0. The molecule has 4 N–H and O–H groups in total. The Kier molecular flexibility index (Phi) is 6.19. The molecule has 0 bridgehead atoms. The van der Waals surface area contributed by atoms with Crippen molar-refractivity contribution in [3.05, 3.63) is 0 Å². The van der Waals surface area contributed by atoms with E-state index in [-0.39, 0.29) is 12.5 Å². The summed E-state index contributed by atoms with van der Waals surface area (Å²) in [6.07, 6.45) is -3.70. The molecule has 0 aromatic heterocycles. The number of ether oxygens (including phenoxy) is 1. The maximum Gasteiger partial charge on any atom is 0.108 e. The molecule has 0 aliphatic carbocycles. The first-order chi connectivity index (χ1) is 6.02. The van der Waals surface area contributed by atoms with Gasteiger partial charge in [0.05, 0.1) is 18.8 Å². The molecule has 0 aromatic carbocycles. The van der Waals surface area contributed by atoms with Crippen molar-refractivity contribution in [2.75, 3.05) is 13.7 Å². The van der Waals surface area contributed by atoms with Gasteiger partial charge in [0.15, 0.2) is 0 Å². The van der Waals surface area contributed by atoms with Crippen LogP contribution < -0.4 is 0 Å². The Balaban J connectivity index is 3.87. The molecule has 0 aromatic rings. The molecule has 0 saturated carbocycles. The standard InChI is InChI=1S/C8H18O5/c1-5(13-2)3-6(10)8(12)7(11)4-9/h5-12H,3-4H2,1-2H3. The van der Waals surface area contributed by atoms with Gasteiger partial charge in [0.2, 0.25) is 0 Å². The van der Waals surface area contributed by atoms with Crippen LogP contribution in [0.25, 0.3) is 0 Å². The highest BCUT2D eigenvalue weighted by molar-refractivity contribution is 4.76. The highest BCUT2D eigenvalue weighted by atomic mass is 16.5. The molecule has 0 aliphatic rings. The Bertz CT molecular complexity index is 130. The van der Waals surface area contributed by atoms with Gasteiger partial charge in [0.1, 0.15) is 12.2 Å². The Morgan fingerprint density at radius 1 is 1.15 bits per heavy atom. The quantitative estimate of drug-likeness (QED) is 0.412. The van der Waals surface area contributed by atoms with E-state index in [9.17, 15) is 10.2 Å². The lowest BCUT2D eigenvalue weighted by molar-refractivity contribution is -0.0890. The van der Waals surface area contributed by atoms with Crippen LogP contribution in [-0.4, -0.2) is 58.6 Å². The monoisotopic (exact) mass is 194 g/mol. The molecule has 4 atom stereocenters. The van der Waals surface area contributed by atoms with Crippen LogP contribution in [0, 0.1) is 0 Å². The van der Waals surface area contributed by atoms with Gasteiger partial charge in [-0.3, -0.25) is 0 Å². The van der Waals surface area contributed by atoms with E-state index in [0.29, 0.717) is 0 Å². The topological polar surface area (TPSA) is 90.2 Å². The lowest BCUT2D eigenvalue weighted by atomic mass is 10.0. The molecule has 5 nitrogen and oxygen atoms in total. The van der Waals surface area contributed by atoms with Gasteiger partial charge in [0, 0.05) is 13.5 Å². The van der Waals surface area contributed by atoms with E-state index < -0.39 is 24.9 Å². The second kappa shape index (κ2) is 6.28. The fourth-order valence-corrected chi connectivity index (χ4v) is 0.940. The van der Waals surface area contributed by atoms with Crippen LogP contribution in [-0.2, 0) is 4.74 Å². The van der Waals surface area contributed by atoms with E-state index in [2.05, 4.69) is 0 Å². The Morgan fingerprint density at radius 2 is 1.69 bits per heavy atom. The average Bonchev–Trinajstić information content (AvgIpc) is 2.14. The Hall–Kier alpha value is -0.200. The molecule has 0 amide bonds. The summed E-state index contributed by atoms with van der Waals surface area (Å²) < 4.78 is 4.87. The molecule has 0 aliphatic heterocycles. The highest BCUT2D eigenvalue weighted by Crippen LogP contribution is 2.08. The molecular formula is C8H18O5. The zero-order valence-corrected chi connectivity index (χ0v) is 7.92. The van der Waals surface area contributed by atoms with Crippen LogP contribution in [0.4, 0.5) is 0 Å². The molecule has 5 heteroatoms. The maximum atomic E-state index is 9.32. The second-order valence-corrected chi connectivity index (χ2v) is 3.09. The van der Waals surface area contributed by atoms with E-state index in [1.165, 1.54) is 7.11 Å². The van der Waals surface area contributed by atoms with Gasteiger partial charge in [-0.2, -0.15) is 0 Å². The van der Waals surface area contributed by atoms with Gasteiger partial charge in [-0.05, 0) is 6.92 Å². The van der Waals surface area contributed by atoms with E-state index in [1.807, 2.05) is 0 Å². The van der Waals surface area contributed by atoms with Crippen molar-refractivity contribution in [3.63, 3.8) is 0 Å². The molecule has 80 valence electrons. The van der Waals surface area contributed by atoms with Crippen LogP contribution in [0.15, 0.2) is 0 Å². The van der Waals surface area contributed by atoms with Crippen molar-refractivity contribution in [2.45, 2.75) is 37.8 Å². The zero-order valence-electron chi connectivity index (χ0n) is 7.92. The molecule has 13 heavy (non-hydrogen) atoms. The number of methoxy groups -OCH3 is 1. The van der Waals surface area contributed by atoms with Gasteiger partial charge in [-0.1, -0.05) is 0 Å². The lowest BCUT2D eigenvalue weighted by Gasteiger charge is -2.23. The summed E-state index contributed by atoms with van der Waals surface area (Å²) in [4.78, 5) is 0. The highest BCUT2D eigenvalue weighted by Gasteiger charge is 2.25. The molecular weight excluding hydrogens is 176 g/mol. The van der Waals surface area contributed by atoms with E-state index in [4.69, 9.17) is 14.9 Å². The molecule has 0 spiro atoms. The number of aliphatic hydroxyl groups excluding tert-OH is 4. The van der Waals surface area contributed by atoms with Gasteiger partial charge < -0.3 is 25.2 Å². The van der Waals surface area contributed by atoms with Crippen LogP contribution >= 0.6 is 0 Å². The fourth-order valence-electron chi connectivity index (χ4n) is 0.940. The summed E-state index contributed by atoms with van der Waals surface area (Å²) in [6.45, 7) is 1.17. The van der Waals surface area contributed by atoms with E-state index in [0.717, 1.165) is 0 Å². The minimum atomic E-state index is -1.33. The Labute approximate surface area is 77.6 Å². The number of hydrogen-bond acceptors (Lipinski definition) is 5. The molecule has 4 unspecified atom stereocenters. The summed E-state index contributed by atoms with van der Waals surface area (Å²) >= 11 is 0. The van der Waals surface area contributed by atoms with Gasteiger partial charge in [0.25, 0.3) is 0 Å². The number of rotatable bonds is 6. The second-order valence-electron chi connectivity index (χ2n) is 3.09. The first-order valence-electron chi connectivity index (χ1n) is 4.20. The first kappa shape index (κ1) is 12.8. The average molecular weight is 194 g/mol. The maximum absolute atomic E-state index is 9.32. The van der Waals surface area contributed by atoms with Gasteiger partial charge >= 0.3 is 0 Å². The van der Waals surface area contributed by atoms with E-state index >= 15 is 0 Å². The van der Waals surface area contributed by atoms with Crippen molar-refractivity contribution in [1.29, 1.82) is 0 Å². The van der Waals surface area contributed by atoms with Crippen molar-refractivity contribution in [3.8, 4) is 0 Å². The smallest absolute Gasteiger partial charge is 0.108 e. The summed E-state index contributed by atoms with van der Waals surface area (Å²) in [5, 5.41) is 36.0. The minimum absolute atomic E-state index is 0.199. The van der Waals surface area contributed by atoms with Crippen LogP contribution in [0.5, 0.6) is 0 Å². The van der Waals surface area contributed by atoms with Crippen LogP contribution in [0.1, 0.15) is 13.3 Å². The SMILES string of the molecule is COC(C)CC(O)C(O)C(O)CO. The summed E-state index contributed by atoms with van der Waals surface area (Å²) in [5.41, 5.74) is 0. The minimum Gasteiger partial charge on any atom is -0.394 e. The third-order valence-corrected chi connectivity index (χ3v) is 1.95. The molecule has 0 fully saturated rings. The first-order valence-corrected chi connectivity index (χ1v) is 4.20. The van der Waals surface area contributed by atoms with Crippen molar-refractivity contribution in [1.82, 2.24) is 0 Å². The molecule has 0 radical (unpaired) electrons. The van der Waals surface area contributed by atoms with E-state index in [1.54, 1.807) is 6.92 Å². The summed E-state index contributed by atoms with van der Waals surface area (Å²) in [5.74, 6) is 0. The lowest BCUT2D eigenvalue weighted by Crippen LogP contribution is -2.40. The van der Waals surface area contributed by atoms with Gasteiger partial charge in [-0.15, -0.1) is 0 Å².